The molecule has 1 fully saturated rings. The molecule has 2 heterocycles. The van der Waals surface area contributed by atoms with E-state index in [-0.39, 0.29) is 5.92 Å². The van der Waals surface area contributed by atoms with Crippen LogP contribution in [0.25, 0.3) is 0 Å². The molecule has 0 saturated carbocycles. The Morgan fingerprint density at radius 2 is 1.80 bits per heavy atom. The maximum Gasteiger partial charge on any atom is 0.123 e. The van der Waals surface area contributed by atoms with E-state index in [0.717, 1.165) is 44.5 Å². The zero-order valence-corrected chi connectivity index (χ0v) is 13.7. The van der Waals surface area contributed by atoms with Crippen LogP contribution in [0.2, 0.25) is 0 Å². The van der Waals surface area contributed by atoms with E-state index in [1.807, 2.05) is 46.9 Å². The first-order valence-corrected chi connectivity index (χ1v) is 7.87. The van der Waals surface area contributed by atoms with Gasteiger partial charge in [0.25, 0.3) is 0 Å². The fourth-order valence-corrected chi connectivity index (χ4v) is 2.10. The topological polar surface area (TPSA) is 33.2 Å². The van der Waals surface area contributed by atoms with Crippen molar-refractivity contribution in [3.05, 3.63) is 29.6 Å². The molecule has 0 aromatic carbocycles. The van der Waals surface area contributed by atoms with Gasteiger partial charge in [-0.05, 0) is 44.5 Å². The van der Waals surface area contributed by atoms with Gasteiger partial charge in [0.1, 0.15) is 6.29 Å². The van der Waals surface area contributed by atoms with Crippen molar-refractivity contribution in [3.63, 3.8) is 0 Å². The standard InChI is InChI=1S/C13H18N2O.2C2H6/c1-11-2-3-13(8-14-11)9-15-6-4-12(10-16)5-7-15;2*1-2/h2-3,8,10,12H,4-7,9H2,1H3;2*1-2H3. The number of likely N-dealkylation sites (tertiary alicyclic amines) is 1. The normalized spacial score (nSPS) is 15.4. The molecule has 3 heteroatoms. The Labute approximate surface area is 124 Å². The molecule has 20 heavy (non-hydrogen) atoms. The molecule has 0 unspecified atom stereocenters. The van der Waals surface area contributed by atoms with Gasteiger partial charge in [0.2, 0.25) is 0 Å². The van der Waals surface area contributed by atoms with Gasteiger partial charge in [-0.25, -0.2) is 0 Å². The molecule has 1 aromatic heterocycles. The van der Waals surface area contributed by atoms with Crippen molar-refractivity contribution < 1.29 is 4.79 Å². The van der Waals surface area contributed by atoms with Gasteiger partial charge >= 0.3 is 0 Å². The highest BCUT2D eigenvalue weighted by molar-refractivity contribution is 5.53. The van der Waals surface area contributed by atoms with Crippen molar-refractivity contribution in [2.75, 3.05) is 13.1 Å². The first-order valence-electron chi connectivity index (χ1n) is 7.87. The Kier molecular flexibility index (Phi) is 10.9. The Morgan fingerprint density at radius 3 is 2.25 bits per heavy atom. The second-order valence-electron chi connectivity index (χ2n) is 4.56. The number of carbonyl (C=O) groups is 1. The maximum absolute atomic E-state index is 10.6. The van der Waals surface area contributed by atoms with E-state index in [2.05, 4.69) is 16.0 Å². The summed E-state index contributed by atoms with van der Waals surface area (Å²) in [6.07, 6.45) is 5.05. The lowest BCUT2D eigenvalue weighted by Crippen LogP contribution is -2.33. The minimum Gasteiger partial charge on any atom is -0.303 e. The van der Waals surface area contributed by atoms with E-state index in [9.17, 15) is 4.79 Å². The largest absolute Gasteiger partial charge is 0.303 e. The average molecular weight is 278 g/mol. The smallest absolute Gasteiger partial charge is 0.123 e. The number of hydrogen-bond donors (Lipinski definition) is 0. The summed E-state index contributed by atoms with van der Waals surface area (Å²) in [5.74, 6) is 0.285. The van der Waals surface area contributed by atoms with Crippen molar-refractivity contribution in [1.82, 2.24) is 9.88 Å². The third-order valence-electron chi connectivity index (χ3n) is 3.20. The fraction of sp³-hybridized carbons (Fsp3) is 0.647. The maximum atomic E-state index is 10.6. The lowest BCUT2D eigenvalue weighted by molar-refractivity contribution is -0.112. The van der Waals surface area contributed by atoms with Gasteiger partial charge in [0.15, 0.2) is 0 Å². The first-order chi connectivity index (χ1) is 9.78. The number of carbonyl (C=O) groups excluding carboxylic acids is 1. The zero-order valence-electron chi connectivity index (χ0n) is 13.7. The Balaban J connectivity index is 0.000000829. The molecule has 0 amide bonds. The number of piperidine rings is 1. The number of aromatic nitrogens is 1. The second kappa shape index (κ2) is 11.6. The molecule has 1 saturated heterocycles. The van der Waals surface area contributed by atoms with Crippen LogP contribution in [0.3, 0.4) is 0 Å². The summed E-state index contributed by atoms with van der Waals surface area (Å²) < 4.78 is 0. The number of rotatable bonds is 3. The van der Waals surface area contributed by atoms with Crippen LogP contribution in [0.1, 0.15) is 51.8 Å². The Hall–Kier alpha value is -1.22. The highest BCUT2D eigenvalue weighted by Gasteiger charge is 2.18. The number of aldehydes is 1. The van der Waals surface area contributed by atoms with E-state index < -0.39 is 0 Å². The molecule has 0 atom stereocenters. The minimum absolute atomic E-state index is 0.285. The van der Waals surface area contributed by atoms with Gasteiger partial charge in [0, 0.05) is 24.4 Å². The third kappa shape index (κ3) is 6.80. The van der Waals surface area contributed by atoms with E-state index >= 15 is 0 Å². The van der Waals surface area contributed by atoms with Crippen LogP contribution in [-0.2, 0) is 11.3 Å². The van der Waals surface area contributed by atoms with Crippen LogP contribution in [0.15, 0.2) is 18.3 Å². The average Bonchev–Trinajstić information content (AvgIpc) is 2.54. The summed E-state index contributed by atoms with van der Waals surface area (Å²) in [5, 5.41) is 0. The van der Waals surface area contributed by atoms with Crippen molar-refractivity contribution in [2.45, 2.75) is 54.0 Å². The van der Waals surface area contributed by atoms with E-state index in [1.165, 1.54) is 5.56 Å². The quantitative estimate of drug-likeness (QED) is 0.787. The van der Waals surface area contributed by atoms with Gasteiger partial charge in [0.05, 0.1) is 0 Å². The SMILES string of the molecule is CC.CC.Cc1ccc(CN2CCC(C=O)CC2)cn1. The van der Waals surface area contributed by atoms with Crippen LogP contribution in [0, 0.1) is 12.8 Å². The minimum atomic E-state index is 0.285. The van der Waals surface area contributed by atoms with Gasteiger partial charge in [-0.1, -0.05) is 33.8 Å². The van der Waals surface area contributed by atoms with Gasteiger partial charge < -0.3 is 4.79 Å². The monoisotopic (exact) mass is 278 g/mol. The lowest BCUT2D eigenvalue weighted by Gasteiger charge is -2.29. The second-order valence-corrected chi connectivity index (χ2v) is 4.56. The van der Waals surface area contributed by atoms with Crippen LogP contribution in [0.5, 0.6) is 0 Å². The molecule has 2 rings (SSSR count). The highest BCUT2D eigenvalue weighted by Crippen LogP contribution is 2.16. The van der Waals surface area contributed by atoms with Crippen LogP contribution in [0.4, 0.5) is 0 Å². The molecular weight excluding hydrogens is 248 g/mol. The predicted octanol–water partition coefficient (Wildman–Crippen LogP) is 3.85. The molecule has 0 radical (unpaired) electrons. The molecule has 1 aromatic rings. The Bertz CT molecular complexity index is 341. The van der Waals surface area contributed by atoms with Gasteiger partial charge in [-0.15, -0.1) is 0 Å². The molecule has 1 aliphatic rings. The number of aryl methyl sites for hydroxylation is 1. The number of hydrogen-bond acceptors (Lipinski definition) is 3. The highest BCUT2D eigenvalue weighted by atomic mass is 16.1. The van der Waals surface area contributed by atoms with Crippen molar-refractivity contribution in [2.24, 2.45) is 5.92 Å². The Morgan fingerprint density at radius 1 is 1.20 bits per heavy atom. The molecule has 0 N–H and O–H groups in total. The summed E-state index contributed by atoms with van der Waals surface area (Å²) in [4.78, 5) is 17.3. The van der Waals surface area contributed by atoms with E-state index in [0.29, 0.717) is 0 Å². The van der Waals surface area contributed by atoms with E-state index in [4.69, 9.17) is 0 Å². The van der Waals surface area contributed by atoms with Gasteiger partial charge in [-0.2, -0.15) is 0 Å². The predicted molar refractivity (Wildman–Crippen MR) is 85.7 cm³/mol. The van der Waals surface area contributed by atoms with Crippen molar-refractivity contribution in [1.29, 1.82) is 0 Å². The molecule has 0 spiro atoms. The summed E-state index contributed by atoms with van der Waals surface area (Å²) >= 11 is 0. The van der Waals surface area contributed by atoms with E-state index in [1.54, 1.807) is 0 Å². The molecule has 114 valence electrons. The van der Waals surface area contributed by atoms with Crippen molar-refractivity contribution in [3.8, 4) is 0 Å². The van der Waals surface area contributed by atoms with Crippen molar-refractivity contribution >= 4 is 6.29 Å². The summed E-state index contributed by atoms with van der Waals surface area (Å²) in [5.41, 5.74) is 2.32. The number of nitrogens with zero attached hydrogens (tertiary/aromatic N) is 2. The van der Waals surface area contributed by atoms with Crippen LogP contribution < -0.4 is 0 Å². The molecule has 0 aliphatic carbocycles. The summed E-state index contributed by atoms with van der Waals surface area (Å²) in [6.45, 7) is 13.0. The zero-order chi connectivity index (χ0) is 15.4. The van der Waals surface area contributed by atoms with Crippen LogP contribution in [-0.4, -0.2) is 29.3 Å². The fourth-order valence-electron chi connectivity index (χ4n) is 2.10. The molecule has 0 bridgehead atoms. The molecular formula is C17H30N2O. The lowest BCUT2D eigenvalue weighted by atomic mass is 9.98. The van der Waals surface area contributed by atoms with Gasteiger partial charge in [-0.3, -0.25) is 9.88 Å². The first kappa shape index (κ1) is 18.8. The third-order valence-corrected chi connectivity index (χ3v) is 3.20. The number of pyridine rings is 1. The molecule has 1 aliphatic heterocycles. The summed E-state index contributed by atoms with van der Waals surface area (Å²) in [7, 11) is 0. The molecule has 3 nitrogen and oxygen atoms in total. The van der Waals surface area contributed by atoms with Crippen LogP contribution >= 0.6 is 0 Å². The summed E-state index contributed by atoms with van der Waals surface area (Å²) in [6, 6.07) is 4.18.